The van der Waals surface area contributed by atoms with Crippen LogP contribution in [-0.4, -0.2) is 44.3 Å². The highest BCUT2D eigenvalue weighted by Gasteiger charge is 2.35. The summed E-state index contributed by atoms with van der Waals surface area (Å²) in [6.07, 6.45) is 0.189. The van der Waals surface area contributed by atoms with Crippen molar-refractivity contribution in [3.8, 4) is 0 Å². The lowest BCUT2D eigenvalue weighted by Gasteiger charge is -2.34. The Hall–Kier alpha value is -3.85. The Balaban J connectivity index is 1.84. The van der Waals surface area contributed by atoms with Crippen LogP contribution in [-0.2, 0) is 32.6 Å². The fourth-order valence-corrected chi connectivity index (χ4v) is 6.87. The minimum atomic E-state index is -4.20. The van der Waals surface area contributed by atoms with E-state index in [9.17, 15) is 18.0 Å². The molecule has 1 N–H and O–H groups in total. The molecule has 0 aliphatic rings. The van der Waals surface area contributed by atoms with Gasteiger partial charge in [0.2, 0.25) is 11.8 Å². The molecule has 2 amide bonds. The van der Waals surface area contributed by atoms with Gasteiger partial charge in [-0.15, -0.1) is 0 Å². The van der Waals surface area contributed by atoms with Crippen molar-refractivity contribution in [3.63, 3.8) is 0 Å². The van der Waals surface area contributed by atoms with Crippen LogP contribution in [0.3, 0.4) is 0 Å². The lowest BCUT2D eigenvalue weighted by molar-refractivity contribution is -0.140. The molecule has 1 atom stereocenters. The van der Waals surface area contributed by atoms with E-state index in [4.69, 9.17) is 23.2 Å². The van der Waals surface area contributed by atoms with Crippen LogP contribution in [0.5, 0.6) is 0 Å². The number of aryl methyl sites for hydroxylation is 3. The second-order valence-corrected chi connectivity index (χ2v) is 13.6. The molecule has 0 saturated carbocycles. The summed E-state index contributed by atoms with van der Waals surface area (Å²) in [7, 11) is -4.20. The van der Waals surface area contributed by atoms with E-state index in [1.165, 1.54) is 17.0 Å². The molecule has 4 rings (SSSR count). The molecule has 0 radical (unpaired) electrons. The zero-order chi connectivity index (χ0) is 32.7. The van der Waals surface area contributed by atoms with Gasteiger partial charge in [-0.05, 0) is 80.8 Å². The average Bonchev–Trinajstić information content (AvgIpc) is 3.01. The summed E-state index contributed by atoms with van der Waals surface area (Å²) in [5, 5.41) is 3.50. The number of carbonyl (C=O) groups excluding carboxylic acids is 2. The molecule has 0 fully saturated rings. The predicted octanol–water partition coefficient (Wildman–Crippen LogP) is 6.89. The Morgan fingerprint density at radius 2 is 1.47 bits per heavy atom. The summed E-state index contributed by atoms with van der Waals surface area (Å²) >= 11 is 13.1. The Morgan fingerprint density at radius 3 is 2.07 bits per heavy atom. The Bertz CT molecular complexity index is 1740. The second kappa shape index (κ2) is 15.0. The average molecular weight is 667 g/mol. The normalized spacial score (nSPS) is 12.0. The highest BCUT2D eigenvalue weighted by molar-refractivity contribution is 7.92. The van der Waals surface area contributed by atoms with Crippen molar-refractivity contribution < 1.29 is 18.0 Å². The van der Waals surface area contributed by atoms with Crippen molar-refractivity contribution in [1.29, 1.82) is 0 Å². The molecule has 0 heterocycles. The van der Waals surface area contributed by atoms with E-state index in [2.05, 4.69) is 5.32 Å². The summed E-state index contributed by atoms with van der Waals surface area (Å²) in [4.78, 5) is 29.6. The fraction of sp³-hybridized carbons (Fsp3) is 0.257. The molecule has 236 valence electrons. The number of sulfonamides is 1. The van der Waals surface area contributed by atoms with Crippen LogP contribution in [0.25, 0.3) is 0 Å². The number of benzene rings is 4. The van der Waals surface area contributed by atoms with Crippen LogP contribution in [0.2, 0.25) is 10.0 Å². The topological polar surface area (TPSA) is 86.8 Å². The lowest BCUT2D eigenvalue weighted by atomic mass is 10.0. The largest absolute Gasteiger partial charge is 0.355 e. The standard InChI is InChI=1S/C35H37Cl2N3O4S/c1-5-38-35(42)33(21-27-10-7-6-8-11-27)39(22-30-31(36)12-9-13-32(30)37)34(41)23-40(28-17-16-25(3)26(4)20-28)45(43,44)29-18-14-24(2)15-19-29/h6-20,33H,5,21-23H2,1-4H3,(H,38,42)/t33-/m0/s1. The molecule has 7 nitrogen and oxygen atoms in total. The third-order valence-electron chi connectivity index (χ3n) is 7.68. The van der Waals surface area contributed by atoms with Crippen LogP contribution >= 0.6 is 23.2 Å². The molecule has 0 aromatic heterocycles. The Morgan fingerprint density at radius 1 is 0.822 bits per heavy atom. The molecule has 45 heavy (non-hydrogen) atoms. The minimum absolute atomic E-state index is 0.0457. The van der Waals surface area contributed by atoms with E-state index < -0.39 is 28.5 Å². The number of carbonyl (C=O) groups is 2. The highest BCUT2D eigenvalue weighted by Crippen LogP contribution is 2.30. The van der Waals surface area contributed by atoms with Crippen molar-refractivity contribution in [2.45, 2.75) is 51.6 Å². The van der Waals surface area contributed by atoms with Crippen molar-refractivity contribution in [1.82, 2.24) is 10.2 Å². The number of nitrogens with zero attached hydrogens (tertiary/aromatic N) is 2. The summed E-state index contributed by atoms with van der Waals surface area (Å²) in [5.41, 5.74) is 4.36. The number of halogens is 2. The number of nitrogens with one attached hydrogen (secondary N) is 1. The van der Waals surface area contributed by atoms with E-state index in [0.717, 1.165) is 26.6 Å². The maximum atomic E-state index is 14.5. The van der Waals surface area contributed by atoms with Crippen molar-refractivity contribution in [2.75, 3.05) is 17.4 Å². The molecule has 0 saturated heterocycles. The fourth-order valence-electron chi connectivity index (χ4n) is 4.95. The minimum Gasteiger partial charge on any atom is -0.355 e. The maximum Gasteiger partial charge on any atom is 0.264 e. The quantitative estimate of drug-likeness (QED) is 0.179. The second-order valence-electron chi connectivity index (χ2n) is 10.9. The monoisotopic (exact) mass is 665 g/mol. The number of hydrogen-bond acceptors (Lipinski definition) is 4. The van der Waals surface area contributed by atoms with Gasteiger partial charge in [-0.1, -0.05) is 83.4 Å². The summed E-state index contributed by atoms with van der Waals surface area (Å²) in [6.45, 7) is 7.14. The molecular weight excluding hydrogens is 629 g/mol. The molecule has 0 unspecified atom stereocenters. The zero-order valence-corrected chi connectivity index (χ0v) is 28.1. The van der Waals surface area contributed by atoms with Crippen LogP contribution in [0.1, 0.15) is 34.7 Å². The summed E-state index contributed by atoms with van der Waals surface area (Å²) in [5.74, 6) is -0.968. The predicted molar refractivity (Wildman–Crippen MR) is 181 cm³/mol. The van der Waals surface area contributed by atoms with Gasteiger partial charge in [0.1, 0.15) is 12.6 Å². The molecular formula is C35H37Cl2N3O4S. The van der Waals surface area contributed by atoms with Crippen molar-refractivity contribution in [2.24, 2.45) is 0 Å². The van der Waals surface area contributed by atoms with Crippen molar-refractivity contribution in [3.05, 3.63) is 129 Å². The first-order valence-corrected chi connectivity index (χ1v) is 16.8. The molecule has 10 heteroatoms. The third-order valence-corrected chi connectivity index (χ3v) is 10.2. The van der Waals surface area contributed by atoms with Gasteiger partial charge in [0.25, 0.3) is 10.0 Å². The van der Waals surface area contributed by atoms with E-state index in [1.54, 1.807) is 49.4 Å². The smallest absolute Gasteiger partial charge is 0.264 e. The molecule has 0 aliphatic carbocycles. The SMILES string of the molecule is CCNC(=O)[C@H](Cc1ccccc1)N(Cc1c(Cl)cccc1Cl)C(=O)CN(c1ccc(C)c(C)c1)S(=O)(=O)c1ccc(C)cc1. The van der Waals surface area contributed by atoms with Crippen LogP contribution in [0, 0.1) is 20.8 Å². The van der Waals surface area contributed by atoms with E-state index in [1.807, 2.05) is 57.2 Å². The first-order valence-electron chi connectivity index (χ1n) is 14.6. The first-order chi connectivity index (χ1) is 21.4. The van der Waals surface area contributed by atoms with Crippen LogP contribution < -0.4 is 9.62 Å². The number of rotatable bonds is 12. The first kappa shape index (κ1) is 34.0. The molecule has 4 aromatic carbocycles. The number of anilines is 1. The van der Waals surface area contributed by atoms with Crippen LogP contribution in [0.4, 0.5) is 5.69 Å². The molecule has 4 aromatic rings. The van der Waals surface area contributed by atoms with Gasteiger partial charge in [0, 0.05) is 35.1 Å². The number of amides is 2. The Kier molecular flexibility index (Phi) is 11.3. The maximum absolute atomic E-state index is 14.5. The van der Waals surface area contributed by atoms with Crippen LogP contribution in [0.15, 0.2) is 95.9 Å². The van der Waals surface area contributed by atoms with Gasteiger partial charge in [-0.2, -0.15) is 0 Å². The molecule has 0 spiro atoms. The number of hydrogen-bond donors (Lipinski definition) is 1. The van der Waals surface area contributed by atoms with Crippen molar-refractivity contribution >= 4 is 50.7 Å². The van der Waals surface area contributed by atoms with Gasteiger partial charge >= 0.3 is 0 Å². The third kappa shape index (κ3) is 8.25. The van der Waals surface area contributed by atoms with E-state index in [0.29, 0.717) is 27.8 Å². The van der Waals surface area contributed by atoms with Gasteiger partial charge in [0.05, 0.1) is 10.6 Å². The zero-order valence-electron chi connectivity index (χ0n) is 25.8. The molecule has 0 bridgehead atoms. The van der Waals surface area contributed by atoms with E-state index in [-0.39, 0.29) is 23.8 Å². The summed E-state index contributed by atoms with van der Waals surface area (Å²) < 4.78 is 29.5. The van der Waals surface area contributed by atoms with Gasteiger partial charge in [0.15, 0.2) is 0 Å². The summed E-state index contributed by atoms with van der Waals surface area (Å²) in [6, 6.07) is 25.1. The van der Waals surface area contributed by atoms with E-state index >= 15 is 0 Å². The van der Waals surface area contributed by atoms with Gasteiger partial charge in [-0.25, -0.2) is 8.42 Å². The molecule has 0 aliphatic heterocycles. The lowest BCUT2D eigenvalue weighted by Crippen LogP contribution is -2.53. The Labute approximate surface area is 275 Å². The van der Waals surface area contributed by atoms with Gasteiger partial charge in [-0.3, -0.25) is 13.9 Å². The highest BCUT2D eigenvalue weighted by atomic mass is 35.5. The number of likely N-dealkylation sites (N-methyl/N-ethyl adjacent to an activating group) is 1. The van der Waals surface area contributed by atoms with Gasteiger partial charge < -0.3 is 10.2 Å².